The highest BCUT2D eigenvalue weighted by Gasteiger charge is 2.54. The van der Waals surface area contributed by atoms with Crippen molar-refractivity contribution in [2.75, 3.05) is 11.5 Å². The van der Waals surface area contributed by atoms with Gasteiger partial charge in [0.2, 0.25) is 5.91 Å². The van der Waals surface area contributed by atoms with Gasteiger partial charge in [0.15, 0.2) is 4.34 Å². The van der Waals surface area contributed by atoms with Crippen molar-refractivity contribution in [3.8, 4) is 0 Å². The van der Waals surface area contributed by atoms with Crippen LogP contribution in [0.5, 0.6) is 0 Å². The van der Waals surface area contributed by atoms with Crippen molar-refractivity contribution in [1.82, 2.24) is 20.4 Å². The second-order valence-corrected chi connectivity index (χ2v) is 10.9. The number of aromatic nitrogens is 2. The average molecular weight is 469 g/mol. The number of thiophene rings is 1. The number of carbonyl (C=O) groups excluding carboxylic acids is 2. The van der Waals surface area contributed by atoms with Gasteiger partial charge < -0.3 is 10.4 Å². The fourth-order valence-electron chi connectivity index (χ4n) is 3.08. The topological polar surface area (TPSA) is 112 Å². The Morgan fingerprint density at radius 2 is 2.24 bits per heavy atom. The summed E-state index contributed by atoms with van der Waals surface area (Å²) in [6.45, 7) is 1.86. The minimum absolute atomic E-state index is 0.0243. The highest BCUT2D eigenvalue weighted by molar-refractivity contribution is 8.01. The third-order valence-electron chi connectivity index (χ3n) is 4.36. The van der Waals surface area contributed by atoms with Crippen LogP contribution in [0.1, 0.15) is 9.88 Å². The summed E-state index contributed by atoms with van der Waals surface area (Å²) in [5.41, 5.74) is 0.699. The Morgan fingerprint density at radius 1 is 1.41 bits per heavy atom. The molecule has 0 aromatic carbocycles. The van der Waals surface area contributed by atoms with Crippen LogP contribution >= 0.6 is 46.2 Å². The van der Waals surface area contributed by atoms with E-state index in [1.165, 1.54) is 51.1 Å². The standard InChI is InChI=1S/C17H16N4O4S4/c1-8-19-20-17(29-8)28-7-9-6-27-15-12(14(23)21(15)13(9)16(24)25)18-11(22)5-10-3-2-4-26-10/h2-4,12,15H,5-7H2,1H3,(H,18,22)(H,24,25)/t12?,15-/m1/s1. The molecule has 1 fully saturated rings. The molecular weight excluding hydrogens is 452 g/mol. The lowest BCUT2D eigenvalue weighted by molar-refractivity contribution is -0.150. The molecule has 2 aromatic rings. The van der Waals surface area contributed by atoms with Gasteiger partial charge in [-0.25, -0.2) is 4.79 Å². The van der Waals surface area contributed by atoms with E-state index >= 15 is 0 Å². The Hall–Kier alpha value is -1.89. The number of aliphatic carboxylic acids is 1. The molecule has 0 spiro atoms. The fourth-order valence-corrected chi connectivity index (χ4v) is 7.08. The molecule has 2 aliphatic rings. The lowest BCUT2D eigenvalue weighted by atomic mass is 10.0. The number of carboxylic acid groups (broad SMARTS) is 1. The van der Waals surface area contributed by atoms with Crippen LogP contribution in [0.15, 0.2) is 33.1 Å². The third-order valence-corrected chi connectivity index (χ3v) is 8.63. The van der Waals surface area contributed by atoms with Crippen molar-refractivity contribution in [2.45, 2.75) is 29.1 Å². The number of hydrogen-bond acceptors (Lipinski definition) is 9. The molecule has 0 radical (unpaired) electrons. The van der Waals surface area contributed by atoms with E-state index in [0.29, 0.717) is 17.1 Å². The molecule has 4 rings (SSSR count). The van der Waals surface area contributed by atoms with Crippen LogP contribution in [0, 0.1) is 6.92 Å². The summed E-state index contributed by atoms with van der Waals surface area (Å²) < 4.78 is 0.764. The van der Waals surface area contributed by atoms with Crippen molar-refractivity contribution < 1.29 is 19.5 Å². The summed E-state index contributed by atoms with van der Waals surface area (Å²) in [6.07, 6.45) is 0.212. The van der Waals surface area contributed by atoms with Gasteiger partial charge in [-0.3, -0.25) is 14.5 Å². The maximum Gasteiger partial charge on any atom is 0.352 e. The molecule has 8 nitrogen and oxygen atoms in total. The average Bonchev–Trinajstić information content (AvgIpc) is 3.35. The molecule has 4 heterocycles. The largest absolute Gasteiger partial charge is 0.477 e. The number of nitrogens with one attached hydrogen (secondary N) is 1. The Bertz CT molecular complexity index is 987. The van der Waals surface area contributed by atoms with Gasteiger partial charge >= 0.3 is 5.97 Å². The lowest BCUT2D eigenvalue weighted by Gasteiger charge is -2.49. The molecule has 2 aromatic heterocycles. The highest BCUT2D eigenvalue weighted by Crippen LogP contribution is 2.41. The van der Waals surface area contributed by atoms with Crippen molar-refractivity contribution >= 4 is 64.0 Å². The summed E-state index contributed by atoms with van der Waals surface area (Å²) in [5, 5.41) is 22.8. The first-order chi connectivity index (χ1) is 13.9. The van der Waals surface area contributed by atoms with E-state index in [2.05, 4.69) is 15.5 Å². The second kappa shape index (κ2) is 8.46. The van der Waals surface area contributed by atoms with Gasteiger partial charge in [0.25, 0.3) is 5.91 Å². The third kappa shape index (κ3) is 4.20. The molecule has 1 saturated heterocycles. The van der Waals surface area contributed by atoms with Crippen LogP contribution < -0.4 is 5.32 Å². The van der Waals surface area contributed by atoms with Crippen LogP contribution in [0.2, 0.25) is 0 Å². The summed E-state index contributed by atoms with van der Waals surface area (Å²) in [4.78, 5) is 39.0. The highest BCUT2D eigenvalue weighted by atomic mass is 32.2. The van der Waals surface area contributed by atoms with E-state index in [0.717, 1.165) is 14.2 Å². The molecule has 0 saturated carbocycles. The maximum atomic E-state index is 12.6. The van der Waals surface area contributed by atoms with E-state index in [1.54, 1.807) is 0 Å². The molecule has 12 heteroatoms. The molecule has 0 bridgehead atoms. The number of β-lactam (4-membered cyclic amide) rings is 1. The predicted octanol–water partition coefficient (Wildman–Crippen LogP) is 1.98. The number of fused-ring (bicyclic) bond motifs is 1. The zero-order valence-electron chi connectivity index (χ0n) is 15.2. The Labute approximate surface area is 182 Å². The quantitative estimate of drug-likeness (QED) is 0.469. The van der Waals surface area contributed by atoms with Crippen LogP contribution in [-0.4, -0.2) is 60.9 Å². The minimum atomic E-state index is -1.13. The number of thioether (sulfide) groups is 2. The van der Waals surface area contributed by atoms with E-state index < -0.39 is 17.4 Å². The number of amides is 2. The number of rotatable bonds is 7. The smallest absolute Gasteiger partial charge is 0.352 e. The van der Waals surface area contributed by atoms with Crippen LogP contribution in [0.3, 0.4) is 0 Å². The van der Waals surface area contributed by atoms with Crippen LogP contribution in [0.25, 0.3) is 0 Å². The van der Waals surface area contributed by atoms with E-state index in [4.69, 9.17) is 0 Å². The zero-order chi connectivity index (χ0) is 20.5. The van der Waals surface area contributed by atoms with Gasteiger partial charge in [-0.15, -0.1) is 33.3 Å². The summed E-state index contributed by atoms with van der Waals surface area (Å²) in [5.74, 6) is -0.836. The SMILES string of the molecule is Cc1nnc(SCC2=C(C(=O)O)N3C(=O)C(NC(=O)Cc4cccs4)[C@H]3SC2)s1. The summed E-state index contributed by atoms with van der Waals surface area (Å²) in [7, 11) is 0. The molecule has 29 heavy (non-hydrogen) atoms. The predicted molar refractivity (Wildman–Crippen MR) is 113 cm³/mol. The number of aryl methyl sites for hydroxylation is 1. The first-order valence-electron chi connectivity index (χ1n) is 8.58. The Kier molecular flexibility index (Phi) is 5.95. The van der Waals surface area contributed by atoms with Crippen LogP contribution in [0.4, 0.5) is 0 Å². The molecule has 2 atom stereocenters. The lowest BCUT2D eigenvalue weighted by Crippen LogP contribution is -2.70. The summed E-state index contributed by atoms with van der Waals surface area (Å²) >= 11 is 5.81. The minimum Gasteiger partial charge on any atom is -0.477 e. The molecule has 2 aliphatic heterocycles. The van der Waals surface area contributed by atoms with Gasteiger partial charge in [-0.05, 0) is 23.9 Å². The van der Waals surface area contributed by atoms with Gasteiger partial charge in [0, 0.05) is 16.4 Å². The fraction of sp³-hybridized carbons (Fsp3) is 0.353. The number of carbonyl (C=O) groups is 3. The molecule has 1 unspecified atom stereocenters. The first-order valence-corrected chi connectivity index (χ1v) is 12.3. The molecule has 0 aliphatic carbocycles. The molecular formula is C17H16N4O4S4. The molecule has 152 valence electrons. The van der Waals surface area contributed by atoms with Gasteiger partial charge in [0.1, 0.15) is 22.1 Å². The normalized spacial score (nSPS) is 21.0. The maximum absolute atomic E-state index is 12.6. The van der Waals surface area contributed by atoms with Crippen molar-refractivity contribution in [3.05, 3.63) is 38.7 Å². The van der Waals surface area contributed by atoms with Gasteiger partial charge in [-0.1, -0.05) is 29.2 Å². The van der Waals surface area contributed by atoms with E-state index in [-0.39, 0.29) is 23.9 Å². The van der Waals surface area contributed by atoms with Crippen LogP contribution in [-0.2, 0) is 20.8 Å². The number of carboxylic acids is 1. The molecule has 2 amide bonds. The molecule has 2 N–H and O–H groups in total. The zero-order valence-corrected chi connectivity index (χ0v) is 18.4. The number of hydrogen-bond donors (Lipinski definition) is 2. The second-order valence-electron chi connectivity index (χ2n) is 6.34. The Balaban J connectivity index is 1.44. The van der Waals surface area contributed by atoms with Crippen molar-refractivity contribution in [1.29, 1.82) is 0 Å². The Morgan fingerprint density at radius 3 is 2.90 bits per heavy atom. The van der Waals surface area contributed by atoms with E-state index in [9.17, 15) is 19.5 Å². The summed E-state index contributed by atoms with van der Waals surface area (Å²) in [6, 6.07) is 3.04. The van der Waals surface area contributed by atoms with Gasteiger partial charge in [-0.2, -0.15) is 0 Å². The van der Waals surface area contributed by atoms with Gasteiger partial charge in [0.05, 0.1) is 6.42 Å². The monoisotopic (exact) mass is 468 g/mol. The van der Waals surface area contributed by atoms with Crippen molar-refractivity contribution in [2.24, 2.45) is 0 Å². The van der Waals surface area contributed by atoms with Crippen molar-refractivity contribution in [3.63, 3.8) is 0 Å². The first kappa shape index (κ1) is 20.4. The van der Waals surface area contributed by atoms with E-state index in [1.807, 2.05) is 24.4 Å². The number of nitrogens with zero attached hydrogens (tertiary/aromatic N) is 3.